The highest BCUT2D eigenvalue weighted by molar-refractivity contribution is 5.20. The maximum atomic E-state index is 9.75. The fraction of sp³-hybridized carbons (Fsp3) is 0.667. The van der Waals surface area contributed by atoms with Crippen LogP contribution >= 0.6 is 0 Å². The molecule has 3 rings (SSSR count). The number of aliphatic hydroxyl groups is 1. The van der Waals surface area contributed by atoms with Crippen LogP contribution in [0.15, 0.2) is 30.3 Å². The topological polar surface area (TPSA) is 32.3 Å². The predicted octanol–water partition coefficient (Wildman–Crippen LogP) is 3.32. The van der Waals surface area contributed by atoms with Gasteiger partial charge in [-0.1, -0.05) is 36.8 Å². The smallest absolute Gasteiger partial charge is 0.0518 e. The van der Waals surface area contributed by atoms with Crippen molar-refractivity contribution < 1.29 is 5.11 Å². The van der Waals surface area contributed by atoms with E-state index in [9.17, 15) is 5.11 Å². The summed E-state index contributed by atoms with van der Waals surface area (Å²) in [5.74, 6) is 2.34. The van der Waals surface area contributed by atoms with Gasteiger partial charge < -0.3 is 10.4 Å². The van der Waals surface area contributed by atoms with Gasteiger partial charge in [0.15, 0.2) is 0 Å². The van der Waals surface area contributed by atoms with E-state index in [4.69, 9.17) is 0 Å². The molecular weight excluding hydrogens is 246 g/mol. The van der Waals surface area contributed by atoms with E-state index in [-0.39, 0.29) is 6.10 Å². The molecule has 0 heterocycles. The van der Waals surface area contributed by atoms with E-state index in [2.05, 4.69) is 35.6 Å². The minimum absolute atomic E-state index is 0.234. The van der Waals surface area contributed by atoms with E-state index in [1.54, 1.807) is 0 Å². The molecule has 2 nitrogen and oxygen atoms in total. The zero-order valence-corrected chi connectivity index (χ0v) is 12.5. The van der Waals surface area contributed by atoms with Gasteiger partial charge in [0.1, 0.15) is 0 Å². The fourth-order valence-electron chi connectivity index (χ4n) is 4.26. The van der Waals surface area contributed by atoms with Gasteiger partial charge in [0.25, 0.3) is 0 Å². The highest BCUT2D eigenvalue weighted by Crippen LogP contribution is 2.44. The summed E-state index contributed by atoms with van der Waals surface area (Å²) in [4.78, 5) is 0. The molecule has 0 amide bonds. The van der Waals surface area contributed by atoms with Gasteiger partial charge in [-0.15, -0.1) is 0 Å². The second-order valence-electron chi connectivity index (χ2n) is 6.88. The zero-order chi connectivity index (χ0) is 13.9. The molecule has 0 aromatic heterocycles. The fourth-order valence-corrected chi connectivity index (χ4v) is 4.26. The first-order valence-corrected chi connectivity index (χ1v) is 8.18. The number of hydrogen-bond donors (Lipinski definition) is 2. The highest BCUT2D eigenvalue weighted by atomic mass is 16.3. The minimum atomic E-state index is -0.234. The lowest BCUT2D eigenvalue weighted by Crippen LogP contribution is -2.37. The highest BCUT2D eigenvalue weighted by Gasteiger charge is 2.39. The summed E-state index contributed by atoms with van der Waals surface area (Å²) in [6.45, 7) is 2.90. The van der Waals surface area contributed by atoms with Crippen molar-refractivity contribution >= 4 is 0 Å². The lowest BCUT2D eigenvalue weighted by Gasteiger charge is -2.27. The zero-order valence-electron chi connectivity index (χ0n) is 12.5. The van der Waals surface area contributed by atoms with E-state index < -0.39 is 0 Å². The van der Waals surface area contributed by atoms with Crippen molar-refractivity contribution in [3.05, 3.63) is 35.9 Å². The Kier molecular flexibility index (Phi) is 4.42. The molecule has 2 heteroatoms. The summed E-state index contributed by atoms with van der Waals surface area (Å²) in [5, 5.41) is 13.6. The monoisotopic (exact) mass is 273 g/mol. The molecule has 2 saturated carbocycles. The van der Waals surface area contributed by atoms with Crippen molar-refractivity contribution in [1.29, 1.82) is 0 Å². The van der Waals surface area contributed by atoms with Gasteiger partial charge in [0.2, 0.25) is 0 Å². The third kappa shape index (κ3) is 3.24. The van der Waals surface area contributed by atoms with Gasteiger partial charge in [-0.05, 0) is 55.9 Å². The Balaban J connectivity index is 1.59. The Morgan fingerprint density at radius 3 is 2.60 bits per heavy atom. The van der Waals surface area contributed by atoms with E-state index in [1.807, 2.05) is 6.92 Å². The van der Waals surface area contributed by atoms with Gasteiger partial charge >= 0.3 is 0 Å². The van der Waals surface area contributed by atoms with Crippen LogP contribution in [0.2, 0.25) is 0 Å². The van der Waals surface area contributed by atoms with Crippen molar-refractivity contribution in [2.75, 3.05) is 6.54 Å². The molecule has 110 valence electrons. The molecule has 5 unspecified atom stereocenters. The van der Waals surface area contributed by atoms with Crippen molar-refractivity contribution in [3.63, 3.8) is 0 Å². The molecule has 2 bridgehead atoms. The first-order chi connectivity index (χ1) is 9.72. The number of hydrogen-bond acceptors (Lipinski definition) is 2. The molecule has 2 N–H and O–H groups in total. The molecular formula is C18H27NO. The summed E-state index contributed by atoms with van der Waals surface area (Å²) in [5.41, 5.74) is 1.35. The molecule has 5 atom stereocenters. The number of nitrogens with one attached hydrogen (secondary N) is 1. The molecule has 1 aromatic rings. The second-order valence-corrected chi connectivity index (χ2v) is 6.88. The van der Waals surface area contributed by atoms with Gasteiger partial charge in [-0.25, -0.2) is 0 Å². The average Bonchev–Trinajstić information content (AvgIpc) is 3.06. The summed E-state index contributed by atoms with van der Waals surface area (Å²) in [6.07, 6.45) is 6.32. The maximum absolute atomic E-state index is 9.75. The van der Waals surface area contributed by atoms with E-state index in [0.717, 1.165) is 30.8 Å². The normalized spacial score (nSPS) is 31.4. The first kappa shape index (κ1) is 14.1. The third-order valence-electron chi connectivity index (χ3n) is 5.26. The van der Waals surface area contributed by atoms with E-state index in [0.29, 0.717) is 5.92 Å². The van der Waals surface area contributed by atoms with Crippen LogP contribution in [0.25, 0.3) is 0 Å². The van der Waals surface area contributed by atoms with Crippen LogP contribution in [0.4, 0.5) is 0 Å². The van der Waals surface area contributed by atoms with Crippen LogP contribution < -0.4 is 5.32 Å². The quantitative estimate of drug-likeness (QED) is 0.833. The molecule has 0 spiro atoms. The SMILES string of the molecule is CC(O)CC(CNC1CC2CCC1C2)c1ccccc1. The van der Waals surface area contributed by atoms with Crippen LogP contribution in [-0.4, -0.2) is 23.8 Å². The Bertz CT molecular complexity index is 417. The summed E-state index contributed by atoms with van der Waals surface area (Å²) in [7, 11) is 0. The summed E-state index contributed by atoms with van der Waals surface area (Å²) < 4.78 is 0. The molecule has 0 radical (unpaired) electrons. The van der Waals surface area contributed by atoms with Gasteiger partial charge in [0.05, 0.1) is 6.10 Å². The maximum Gasteiger partial charge on any atom is 0.0518 e. The van der Waals surface area contributed by atoms with Crippen LogP contribution in [0.5, 0.6) is 0 Å². The lowest BCUT2D eigenvalue weighted by molar-refractivity contribution is 0.171. The van der Waals surface area contributed by atoms with Gasteiger partial charge in [-0.2, -0.15) is 0 Å². The van der Waals surface area contributed by atoms with E-state index in [1.165, 1.54) is 31.2 Å². The van der Waals surface area contributed by atoms with Gasteiger partial charge in [0, 0.05) is 12.6 Å². The van der Waals surface area contributed by atoms with Crippen LogP contribution in [0.1, 0.15) is 50.5 Å². The van der Waals surface area contributed by atoms with Crippen molar-refractivity contribution in [2.45, 2.75) is 57.1 Å². The first-order valence-electron chi connectivity index (χ1n) is 8.18. The van der Waals surface area contributed by atoms with Crippen molar-refractivity contribution in [1.82, 2.24) is 5.32 Å². The number of aliphatic hydroxyl groups excluding tert-OH is 1. The Morgan fingerprint density at radius 1 is 1.20 bits per heavy atom. The lowest BCUT2D eigenvalue weighted by atomic mass is 9.91. The standard InChI is InChI=1S/C18H27NO/c1-13(20)9-17(15-5-3-2-4-6-15)12-19-18-11-14-7-8-16(18)10-14/h2-6,13-14,16-20H,7-12H2,1H3. The third-order valence-corrected chi connectivity index (χ3v) is 5.26. The Morgan fingerprint density at radius 2 is 2.00 bits per heavy atom. The number of fused-ring (bicyclic) bond motifs is 2. The van der Waals surface area contributed by atoms with Crippen molar-refractivity contribution in [2.24, 2.45) is 11.8 Å². The Hall–Kier alpha value is -0.860. The van der Waals surface area contributed by atoms with Gasteiger partial charge in [-0.3, -0.25) is 0 Å². The number of benzene rings is 1. The van der Waals surface area contributed by atoms with E-state index >= 15 is 0 Å². The molecule has 20 heavy (non-hydrogen) atoms. The summed E-state index contributed by atoms with van der Waals surface area (Å²) >= 11 is 0. The average molecular weight is 273 g/mol. The largest absolute Gasteiger partial charge is 0.393 e. The molecule has 2 aliphatic carbocycles. The second kappa shape index (κ2) is 6.28. The summed E-state index contributed by atoms with van der Waals surface area (Å²) in [6, 6.07) is 11.4. The molecule has 2 aliphatic rings. The molecule has 0 saturated heterocycles. The van der Waals surface area contributed by atoms with Crippen LogP contribution in [-0.2, 0) is 0 Å². The number of rotatable bonds is 6. The minimum Gasteiger partial charge on any atom is -0.393 e. The van der Waals surface area contributed by atoms with Crippen LogP contribution in [0.3, 0.4) is 0 Å². The van der Waals surface area contributed by atoms with Crippen LogP contribution in [0, 0.1) is 11.8 Å². The molecule has 0 aliphatic heterocycles. The predicted molar refractivity (Wildman–Crippen MR) is 82.7 cm³/mol. The molecule has 1 aromatic carbocycles. The van der Waals surface area contributed by atoms with Crippen molar-refractivity contribution in [3.8, 4) is 0 Å². The molecule has 2 fully saturated rings. The Labute approximate surface area is 122 Å².